The minimum atomic E-state index is 0. The standard InChI is InChI=1S/C14H31N.ClH/c1-3-5-6-7-8-9-10-11-12-13-14-15-4-2;/h15H,3-14H2,1-2H3;1H. The SMILES string of the molecule is CCCCCCCCCCCC[NH2+]CC.[Cl-]. The maximum absolute atomic E-state index is 2.41. The van der Waals surface area contributed by atoms with E-state index in [9.17, 15) is 0 Å². The third-order valence-electron chi connectivity index (χ3n) is 3.05. The van der Waals surface area contributed by atoms with E-state index in [4.69, 9.17) is 0 Å². The molecule has 0 aliphatic carbocycles. The molecule has 0 heterocycles. The predicted molar refractivity (Wildman–Crippen MR) is 69.2 cm³/mol. The van der Waals surface area contributed by atoms with Gasteiger partial charge in [-0.15, -0.1) is 0 Å². The van der Waals surface area contributed by atoms with Crippen LogP contribution in [-0.4, -0.2) is 13.1 Å². The number of halogens is 1. The molecule has 0 amide bonds. The first-order valence-corrected chi connectivity index (χ1v) is 7.23. The van der Waals surface area contributed by atoms with Crippen LogP contribution in [0.5, 0.6) is 0 Å². The topological polar surface area (TPSA) is 16.6 Å². The average molecular weight is 250 g/mol. The maximum atomic E-state index is 2.41. The van der Waals surface area contributed by atoms with Crippen LogP contribution < -0.4 is 17.7 Å². The van der Waals surface area contributed by atoms with Gasteiger partial charge in [0.25, 0.3) is 0 Å². The lowest BCUT2D eigenvalue weighted by Crippen LogP contribution is -3.00. The minimum absolute atomic E-state index is 0. The largest absolute Gasteiger partial charge is 1.00 e. The Morgan fingerprint density at radius 3 is 1.50 bits per heavy atom. The summed E-state index contributed by atoms with van der Waals surface area (Å²) in [6.45, 7) is 7.11. The highest BCUT2D eigenvalue weighted by Crippen LogP contribution is 2.09. The van der Waals surface area contributed by atoms with Crippen molar-refractivity contribution in [2.75, 3.05) is 13.1 Å². The highest BCUT2D eigenvalue weighted by molar-refractivity contribution is 4.46. The van der Waals surface area contributed by atoms with Crippen LogP contribution in [0.15, 0.2) is 0 Å². The molecule has 0 aromatic heterocycles. The first-order valence-electron chi connectivity index (χ1n) is 7.23. The van der Waals surface area contributed by atoms with E-state index in [1.54, 1.807) is 0 Å². The molecule has 1 nitrogen and oxygen atoms in total. The van der Waals surface area contributed by atoms with Crippen LogP contribution in [0, 0.1) is 0 Å². The third-order valence-corrected chi connectivity index (χ3v) is 3.05. The van der Waals surface area contributed by atoms with Gasteiger partial charge in [0.15, 0.2) is 0 Å². The van der Waals surface area contributed by atoms with Crippen molar-refractivity contribution in [3.8, 4) is 0 Å². The Bertz CT molecular complexity index is 94.9. The average Bonchev–Trinajstić information content (AvgIpc) is 2.26. The van der Waals surface area contributed by atoms with E-state index in [0.29, 0.717) is 0 Å². The maximum Gasteiger partial charge on any atom is 0.0755 e. The fourth-order valence-corrected chi connectivity index (χ4v) is 1.98. The highest BCUT2D eigenvalue weighted by atomic mass is 35.5. The van der Waals surface area contributed by atoms with Crippen molar-refractivity contribution >= 4 is 0 Å². The minimum Gasteiger partial charge on any atom is -1.00 e. The Hall–Kier alpha value is 0.250. The van der Waals surface area contributed by atoms with Crippen LogP contribution >= 0.6 is 0 Å². The molecule has 0 aromatic carbocycles. The van der Waals surface area contributed by atoms with E-state index >= 15 is 0 Å². The summed E-state index contributed by atoms with van der Waals surface area (Å²) in [7, 11) is 0. The highest BCUT2D eigenvalue weighted by Gasteiger charge is 1.92. The molecule has 0 unspecified atom stereocenters. The Balaban J connectivity index is 0. The van der Waals surface area contributed by atoms with Crippen LogP contribution in [0.25, 0.3) is 0 Å². The molecular weight excluding hydrogens is 218 g/mol. The monoisotopic (exact) mass is 249 g/mol. The second-order valence-corrected chi connectivity index (χ2v) is 4.67. The molecule has 0 spiro atoms. The van der Waals surface area contributed by atoms with E-state index in [1.807, 2.05) is 0 Å². The van der Waals surface area contributed by atoms with Gasteiger partial charge in [0.1, 0.15) is 0 Å². The van der Waals surface area contributed by atoms with E-state index in [0.717, 1.165) is 0 Å². The van der Waals surface area contributed by atoms with Crippen molar-refractivity contribution in [3.05, 3.63) is 0 Å². The second-order valence-electron chi connectivity index (χ2n) is 4.67. The van der Waals surface area contributed by atoms with Gasteiger partial charge in [-0.3, -0.25) is 0 Å². The number of hydrogen-bond donors (Lipinski definition) is 1. The molecule has 0 aliphatic heterocycles. The smallest absolute Gasteiger partial charge is 0.0755 e. The lowest BCUT2D eigenvalue weighted by molar-refractivity contribution is -0.652. The fraction of sp³-hybridized carbons (Fsp3) is 1.00. The predicted octanol–water partition coefficient (Wildman–Crippen LogP) is 0.495. The molecule has 0 bridgehead atoms. The second kappa shape index (κ2) is 17.6. The number of quaternary nitrogens is 1. The quantitative estimate of drug-likeness (QED) is 0.485. The lowest BCUT2D eigenvalue weighted by atomic mass is 10.1. The summed E-state index contributed by atoms with van der Waals surface area (Å²) in [6.07, 6.45) is 14.5. The van der Waals surface area contributed by atoms with Gasteiger partial charge in [0, 0.05) is 0 Å². The van der Waals surface area contributed by atoms with Gasteiger partial charge in [-0.05, 0) is 19.8 Å². The molecule has 16 heavy (non-hydrogen) atoms. The summed E-state index contributed by atoms with van der Waals surface area (Å²) >= 11 is 0. The van der Waals surface area contributed by atoms with Crippen LogP contribution in [0.1, 0.15) is 78.1 Å². The molecule has 0 atom stereocenters. The number of rotatable bonds is 12. The summed E-state index contributed by atoms with van der Waals surface area (Å²) in [5.74, 6) is 0. The van der Waals surface area contributed by atoms with Crippen molar-refractivity contribution in [1.82, 2.24) is 0 Å². The first kappa shape index (κ1) is 18.6. The summed E-state index contributed by atoms with van der Waals surface area (Å²) < 4.78 is 0. The van der Waals surface area contributed by atoms with E-state index in [2.05, 4.69) is 19.2 Å². The van der Waals surface area contributed by atoms with Gasteiger partial charge < -0.3 is 17.7 Å². The zero-order chi connectivity index (χ0) is 11.2. The number of hydrogen-bond acceptors (Lipinski definition) is 0. The zero-order valence-corrected chi connectivity index (χ0v) is 12.2. The Labute approximate surface area is 109 Å². The molecule has 2 heteroatoms. The molecular formula is C14H32ClN. The number of nitrogens with two attached hydrogens (primary N) is 1. The third kappa shape index (κ3) is 16.7. The van der Waals surface area contributed by atoms with E-state index in [-0.39, 0.29) is 12.4 Å². The molecule has 2 N–H and O–H groups in total. The van der Waals surface area contributed by atoms with Gasteiger partial charge >= 0.3 is 0 Å². The van der Waals surface area contributed by atoms with Gasteiger partial charge in [-0.1, -0.05) is 58.3 Å². The summed E-state index contributed by atoms with van der Waals surface area (Å²) in [5, 5.41) is 2.41. The van der Waals surface area contributed by atoms with Gasteiger partial charge in [0.05, 0.1) is 13.1 Å². The summed E-state index contributed by atoms with van der Waals surface area (Å²) in [6, 6.07) is 0. The van der Waals surface area contributed by atoms with Crippen molar-refractivity contribution in [2.24, 2.45) is 0 Å². The van der Waals surface area contributed by atoms with Gasteiger partial charge in [0.2, 0.25) is 0 Å². The normalized spacial score (nSPS) is 10.1. The fourth-order valence-electron chi connectivity index (χ4n) is 1.98. The Morgan fingerprint density at radius 1 is 0.625 bits per heavy atom. The first-order chi connectivity index (χ1) is 7.41. The van der Waals surface area contributed by atoms with Crippen molar-refractivity contribution < 1.29 is 17.7 Å². The van der Waals surface area contributed by atoms with Crippen molar-refractivity contribution in [1.29, 1.82) is 0 Å². The molecule has 0 fully saturated rings. The van der Waals surface area contributed by atoms with Crippen LogP contribution in [-0.2, 0) is 0 Å². The Morgan fingerprint density at radius 2 is 1.06 bits per heavy atom. The Kier molecular flexibility index (Phi) is 20.5. The molecule has 0 radical (unpaired) electrons. The van der Waals surface area contributed by atoms with E-state index < -0.39 is 0 Å². The summed E-state index contributed by atoms with van der Waals surface area (Å²) in [5.41, 5.74) is 0. The van der Waals surface area contributed by atoms with Crippen LogP contribution in [0.2, 0.25) is 0 Å². The zero-order valence-electron chi connectivity index (χ0n) is 11.4. The lowest BCUT2D eigenvalue weighted by Gasteiger charge is -2.01. The van der Waals surface area contributed by atoms with Crippen molar-refractivity contribution in [2.45, 2.75) is 78.1 Å². The molecule has 0 rings (SSSR count). The summed E-state index contributed by atoms with van der Waals surface area (Å²) in [4.78, 5) is 0. The number of unbranched alkanes of at least 4 members (excludes halogenated alkanes) is 9. The van der Waals surface area contributed by atoms with Gasteiger partial charge in [-0.2, -0.15) is 0 Å². The molecule has 0 saturated carbocycles. The van der Waals surface area contributed by atoms with Crippen LogP contribution in [0.3, 0.4) is 0 Å². The molecule has 100 valence electrons. The molecule has 0 aliphatic rings. The van der Waals surface area contributed by atoms with Gasteiger partial charge in [-0.25, -0.2) is 0 Å². The van der Waals surface area contributed by atoms with Crippen LogP contribution in [0.4, 0.5) is 0 Å². The molecule has 0 aromatic rings. The van der Waals surface area contributed by atoms with E-state index in [1.165, 1.54) is 77.3 Å². The molecule has 0 saturated heterocycles. The van der Waals surface area contributed by atoms with Crippen molar-refractivity contribution in [3.63, 3.8) is 0 Å².